The van der Waals surface area contributed by atoms with Crippen molar-refractivity contribution in [3.63, 3.8) is 0 Å². The van der Waals surface area contributed by atoms with E-state index in [1.807, 2.05) is 0 Å². The molecule has 0 heteroatoms. The first-order chi connectivity index (χ1) is 5.88. The van der Waals surface area contributed by atoms with Crippen LogP contribution in [0, 0.1) is 11.8 Å². The Kier molecular flexibility index (Phi) is 4.72. The molecule has 0 aromatic rings. The van der Waals surface area contributed by atoms with Crippen molar-refractivity contribution in [2.24, 2.45) is 11.8 Å². The van der Waals surface area contributed by atoms with E-state index in [-0.39, 0.29) is 0 Å². The Balaban J connectivity index is 1.78. The monoisotopic (exact) mass is 168 g/mol. The summed E-state index contributed by atoms with van der Waals surface area (Å²) < 4.78 is 0. The Labute approximate surface area is 77.7 Å². The summed E-state index contributed by atoms with van der Waals surface area (Å²) in [7, 11) is 0. The molecule has 0 radical (unpaired) electrons. The summed E-state index contributed by atoms with van der Waals surface area (Å²) in [6.07, 6.45) is 11.8. The summed E-state index contributed by atoms with van der Waals surface area (Å²) >= 11 is 0. The van der Waals surface area contributed by atoms with Crippen molar-refractivity contribution in [1.29, 1.82) is 0 Å². The van der Waals surface area contributed by atoms with Crippen LogP contribution < -0.4 is 0 Å². The molecule has 0 N–H and O–H groups in total. The molecule has 12 heavy (non-hydrogen) atoms. The van der Waals surface area contributed by atoms with E-state index in [1.54, 1.807) is 6.42 Å². The van der Waals surface area contributed by atoms with Gasteiger partial charge in [-0.2, -0.15) is 0 Å². The van der Waals surface area contributed by atoms with Crippen LogP contribution in [0.3, 0.4) is 0 Å². The molecule has 0 amide bonds. The Morgan fingerprint density at radius 1 is 0.917 bits per heavy atom. The highest BCUT2D eigenvalue weighted by Crippen LogP contribution is 2.44. The molecular weight excluding hydrogens is 144 g/mol. The van der Waals surface area contributed by atoms with Gasteiger partial charge in [0.2, 0.25) is 0 Å². The van der Waals surface area contributed by atoms with Gasteiger partial charge in [-0.25, -0.2) is 0 Å². The molecule has 0 spiro atoms. The van der Waals surface area contributed by atoms with Gasteiger partial charge < -0.3 is 0 Å². The van der Waals surface area contributed by atoms with E-state index in [0.717, 1.165) is 11.8 Å². The van der Waals surface area contributed by atoms with Crippen LogP contribution in [0.15, 0.2) is 0 Å². The van der Waals surface area contributed by atoms with Crippen molar-refractivity contribution in [1.82, 2.24) is 0 Å². The Bertz CT molecular complexity index is 107. The number of unbranched alkanes of at least 4 members (excludes halogenated alkanes) is 4. The summed E-state index contributed by atoms with van der Waals surface area (Å²) in [5, 5.41) is 0. The Hall–Kier alpha value is 0. The molecule has 1 aliphatic rings. The molecule has 0 aromatic heterocycles. The van der Waals surface area contributed by atoms with E-state index in [9.17, 15) is 0 Å². The first-order valence-electron chi connectivity index (χ1n) is 5.88. The minimum absolute atomic E-state index is 1.12. The second-order valence-corrected chi connectivity index (χ2v) is 4.37. The van der Waals surface area contributed by atoms with Crippen molar-refractivity contribution in [2.45, 2.75) is 65.2 Å². The largest absolute Gasteiger partial charge is 0.0654 e. The van der Waals surface area contributed by atoms with Crippen molar-refractivity contribution >= 4 is 0 Å². The van der Waals surface area contributed by atoms with E-state index in [2.05, 4.69) is 13.8 Å². The average Bonchev–Trinajstić information content (AvgIpc) is 2.83. The summed E-state index contributed by atoms with van der Waals surface area (Å²) in [4.78, 5) is 0. The van der Waals surface area contributed by atoms with Crippen molar-refractivity contribution in [2.75, 3.05) is 0 Å². The smallest absolute Gasteiger partial charge is 0.0383 e. The van der Waals surface area contributed by atoms with E-state index in [0.29, 0.717) is 0 Å². The van der Waals surface area contributed by atoms with Crippen LogP contribution in [0.4, 0.5) is 0 Å². The van der Waals surface area contributed by atoms with Crippen LogP contribution in [-0.2, 0) is 0 Å². The fourth-order valence-electron chi connectivity index (χ4n) is 2.17. The lowest BCUT2D eigenvalue weighted by Crippen LogP contribution is -1.83. The van der Waals surface area contributed by atoms with Crippen LogP contribution in [0.1, 0.15) is 65.2 Å². The van der Waals surface area contributed by atoms with E-state index in [1.165, 1.54) is 44.9 Å². The summed E-state index contributed by atoms with van der Waals surface area (Å²) in [5.41, 5.74) is 0. The highest BCUT2D eigenvalue weighted by Gasteiger charge is 2.33. The summed E-state index contributed by atoms with van der Waals surface area (Å²) in [5.74, 6) is 2.26. The van der Waals surface area contributed by atoms with Crippen LogP contribution in [0.5, 0.6) is 0 Å². The third kappa shape index (κ3) is 3.60. The Morgan fingerprint density at radius 3 is 2.25 bits per heavy atom. The zero-order valence-electron chi connectivity index (χ0n) is 8.81. The fourth-order valence-corrected chi connectivity index (χ4v) is 2.17. The van der Waals surface area contributed by atoms with Gasteiger partial charge in [0.05, 0.1) is 0 Å². The zero-order chi connectivity index (χ0) is 8.81. The SMILES string of the molecule is CCCCCCC[C@@H]1C[C@@H]1CC. The molecule has 0 aliphatic heterocycles. The number of hydrogen-bond acceptors (Lipinski definition) is 0. The van der Waals surface area contributed by atoms with Gasteiger partial charge in [-0.3, -0.25) is 0 Å². The minimum atomic E-state index is 1.12. The predicted molar refractivity (Wildman–Crippen MR) is 55.3 cm³/mol. The van der Waals surface area contributed by atoms with Crippen molar-refractivity contribution in [3.8, 4) is 0 Å². The van der Waals surface area contributed by atoms with Crippen molar-refractivity contribution < 1.29 is 0 Å². The van der Waals surface area contributed by atoms with Gasteiger partial charge in [-0.05, 0) is 18.3 Å². The zero-order valence-corrected chi connectivity index (χ0v) is 8.81. The third-order valence-electron chi connectivity index (χ3n) is 3.27. The van der Waals surface area contributed by atoms with E-state index in [4.69, 9.17) is 0 Å². The van der Waals surface area contributed by atoms with Crippen molar-refractivity contribution in [3.05, 3.63) is 0 Å². The molecule has 2 atom stereocenters. The molecule has 1 fully saturated rings. The molecule has 72 valence electrons. The minimum Gasteiger partial charge on any atom is -0.0654 e. The lowest BCUT2D eigenvalue weighted by Gasteiger charge is -1.99. The molecule has 1 rings (SSSR count). The van der Waals surface area contributed by atoms with Crippen LogP contribution in [0.2, 0.25) is 0 Å². The van der Waals surface area contributed by atoms with Gasteiger partial charge in [0, 0.05) is 0 Å². The van der Waals surface area contributed by atoms with Crippen LogP contribution in [-0.4, -0.2) is 0 Å². The maximum absolute atomic E-state index is 2.34. The maximum Gasteiger partial charge on any atom is -0.0383 e. The quantitative estimate of drug-likeness (QED) is 0.494. The molecule has 1 saturated carbocycles. The summed E-state index contributed by atoms with van der Waals surface area (Å²) in [6, 6.07) is 0. The first-order valence-corrected chi connectivity index (χ1v) is 5.88. The van der Waals surface area contributed by atoms with Gasteiger partial charge >= 0.3 is 0 Å². The molecule has 0 bridgehead atoms. The number of rotatable bonds is 7. The number of hydrogen-bond donors (Lipinski definition) is 0. The Morgan fingerprint density at radius 2 is 1.67 bits per heavy atom. The molecule has 0 heterocycles. The van der Waals surface area contributed by atoms with Gasteiger partial charge in [-0.1, -0.05) is 58.8 Å². The van der Waals surface area contributed by atoms with Crippen LogP contribution in [0.25, 0.3) is 0 Å². The van der Waals surface area contributed by atoms with Gasteiger partial charge in [-0.15, -0.1) is 0 Å². The maximum atomic E-state index is 2.34. The third-order valence-corrected chi connectivity index (χ3v) is 3.27. The molecule has 0 saturated heterocycles. The molecule has 0 nitrogen and oxygen atoms in total. The molecular formula is C12H24. The van der Waals surface area contributed by atoms with E-state index >= 15 is 0 Å². The van der Waals surface area contributed by atoms with E-state index < -0.39 is 0 Å². The standard InChI is InChI=1S/C12H24/c1-3-5-6-7-8-9-12-10-11(12)4-2/h11-12H,3-10H2,1-2H3/t11-,12+/m0/s1. The molecule has 0 aromatic carbocycles. The fraction of sp³-hybridized carbons (Fsp3) is 1.00. The van der Waals surface area contributed by atoms with Gasteiger partial charge in [0.1, 0.15) is 0 Å². The van der Waals surface area contributed by atoms with Gasteiger partial charge in [0.25, 0.3) is 0 Å². The highest BCUT2D eigenvalue weighted by atomic mass is 14.4. The lowest BCUT2D eigenvalue weighted by molar-refractivity contribution is 0.552. The predicted octanol–water partition coefficient (Wildman–Crippen LogP) is 4.39. The topological polar surface area (TPSA) is 0 Å². The van der Waals surface area contributed by atoms with Gasteiger partial charge in [0.15, 0.2) is 0 Å². The normalized spacial score (nSPS) is 27.5. The first kappa shape index (κ1) is 10.1. The lowest BCUT2D eigenvalue weighted by atomic mass is 10.1. The molecule has 1 aliphatic carbocycles. The second kappa shape index (κ2) is 5.61. The second-order valence-electron chi connectivity index (χ2n) is 4.37. The summed E-state index contributed by atoms with van der Waals surface area (Å²) in [6.45, 7) is 4.62. The van der Waals surface area contributed by atoms with Crippen LogP contribution >= 0.6 is 0 Å². The molecule has 0 unspecified atom stereocenters. The average molecular weight is 168 g/mol. The highest BCUT2D eigenvalue weighted by molar-refractivity contribution is 4.84.